The SMILES string of the molecule is CCCNC(=O)COC(=O)[C@@H]1CC(=O)N(c2ccc3c(c2)OCCO3)C1. The van der Waals surface area contributed by atoms with Crippen LogP contribution in [-0.2, 0) is 19.1 Å². The number of fused-ring (bicyclic) bond motifs is 1. The van der Waals surface area contributed by atoms with E-state index < -0.39 is 11.9 Å². The summed E-state index contributed by atoms with van der Waals surface area (Å²) >= 11 is 0. The molecule has 1 fully saturated rings. The highest BCUT2D eigenvalue weighted by Crippen LogP contribution is 2.36. The number of rotatable bonds is 6. The second-order valence-electron chi connectivity index (χ2n) is 6.19. The molecule has 0 radical (unpaired) electrons. The van der Waals surface area contributed by atoms with E-state index in [9.17, 15) is 14.4 Å². The van der Waals surface area contributed by atoms with E-state index in [4.69, 9.17) is 14.2 Å². The minimum atomic E-state index is -0.588. The van der Waals surface area contributed by atoms with Crippen LogP contribution in [0.2, 0.25) is 0 Å². The number of benzene rings is 1. The Hall–Kier alpha value is -2.77. The van der Waals surface area contributed by atoms with E-state index in [1.165, 1.54) is 4.90 Å². The minimum Gasteiger partial charge on any atom is -0.486 e. The molecule has 0 unspecified atom stereocenters. The first-order valence-corrected chi connectivity index (χ1v) is 8.72. The average Bonchev–Trinajstić information content (AvgIpc) is 3.05. The van der Waals surface area contributed by atoms with Gasteiger partial charge in [0, 0.05) is 31.3 Å². The van der Waals surface area contributed by atoms with Gasteiger partial charge in [-0.05, 0) is 18.6 Å². The number of nitrogens with one attached hydrogen (secondary N) is 1. The second kappa shape index (κ2) is 8.07. The molecule has 0 aromatic heterocycles. The highest BCUT2D eigenvalue weighted by molar-refractivity contribution is 5.99. The lowest BCUT2D eigenvalue weighted by molar-refractivity contribution is -0.152. The number of carbonyl (C=O) groups excluding carboxylic acids is 3. The van der Waals surface area contributed by atoms with Gasteiger partial charge in [-0.15, -0.1) is 0 Å². The molecule has 0 spiro atoms. The summed E-state index contributed by atoms with van der Waals surface area (Å²) in [6.45, 7) is 3.31. The summed E-state index contributed by atoms with van der Waals surface area (Å²) in [5, 5.41) is 2.63. The van der Waals surface area contributed by atoms with Crippen LogP contribution >= 0.6 is 0 Å². The third-order valence-electron chi connectivity index (χ3n) is 4.21. The maximum atomic E-state index is 12.3. The van der Waals surface area contributed by atoms with Crippen LogP contribution in [0.1, 0.15) is 19.8 Å². The molecule has 1 atom stereocenters. The first-order valence-electron chi connectivity index (χ1n) is 8.72. The molecule has 0 bridgehead atoms. The van der Waals surface area contributed by atoms with Gasteiger partial charge in [0.05, 0.1) is 5.92 Å². The number of esters is 1. The van der Waals surface area contributed by atoms with Crippen LogP contribution in [-0.4, -0.2) is 50.7 Å². The Morgan fingerprint density at radius 2 is 2.04 bits per heavy atom. The lowest BCUT2D eigenvalue weighted by Crippen LogP contribution is -2.31. The molecule has 1 N–H and O–H groups in total. The molecule has 2 heterocycles. The van der Waals surface area contributed by atoms with Gasteiger partial charge in [-0.25, -0.2) is 0 Å². The first-order chi connectivity index (χ1) is 12.6. The van der Waals surface area contributed by atoms with Gasteiger partial charge in [0.15, 0.2) is 18.1 Å². The third kappa shape index (κ3) is 4.07. The molecule has 0 saturated carbocycles. The second-order valence-corrected chi connectivity index (χ2v) is 6.19. The number of hydrogen-bond acceptors (Lipinski definition) is 6. The average molecular weight is 362 g/mol. The lowest BCUT2D eigenvalue weighted by atomic mass is 10.1. The fourth-order valence-electron chi connectivity index (χ4n) is 2.88. The van der Waals surface area contributed by atoms with Crippen LogP contribution in [0.3, 0.4) is 0 Å². The molecule has 2 amide bonds. The predicted octanol–water partition coefficient (Wildman–Crippen LogP) is 0.880. The van der Waals surface area contributed by atoms with Gasteiger partial charge in [0.2, 0.25) is 5.91 Å². The molecule has 1 aromatic rings. The van der Waals surface area contributed by atoms with Crippen molar-refractivity contribution in [3.05, 3.63) is 18.2 Å². The van der Waals surface area contributed by atoms with Crippen molar-refractivity contribution in [3.63, 3.8) is 0 Å². The fraction of sp³-hybridized carbons (Fsp3) is 0.500. The largest absolute Gasteiger partial charge is 0.486 e. The standard InChI is InChI=1S/C18H22N2O6/c1-2-5-19-16(21)11-26-18(23)12-8-17(22)20(10-12)13-3-4-14-15(9-13)25-7-6-24-14/h3-4,9,12H,2,5-8,10-11H2,1H3,(H,19,21)/t12-/m1/s1. The van der Waals surface area contributed by atoms with Crippen LogP contribution in [0.4, 0.5) is 5.69 Å². The van der Waals surface area contributed by atoms with Crippen LogP contribution in [0.25, 0.3) is 0 Å². The minimum absolute atomic E-state index is 0.0594. The van der Waals surface area contributed by atoms with Crippen LogP contribution in [0.5, 0.6) is 11.5 Å². The number of anilines is 1. The maximum Gasteiger partial charge on any atom is 0.311 e. The summed E-state index contributed by atoms with van der Waals surface area (Å²) in [6, 6.07) is 5.25. The van der Waals surface area contributed by atoms with Crippen molar-refractivity contribution in [1.82, 2.24) is 5.32 Å². The smallest absolute Gasteiger partial charge is 0.311 e. The molecule has 0 aliphatic carbocycles. The van der Waals surface area contributed by atoms with Crippen molar-refractivity contribution in [2.45, 2.75) is 19.8 Å². The zero-order chi connectivity index (χ0) is 18.5. The summed E-state index contributed by atoms with van der Waals surface area (Å²) in [4.78, 5) is 37.5. The van der Waals surface area contributed by atoms with Crippen molar-refractivity contribution < 1.29 is 28.6 Å². The van der Waals surface area contributed by atoms with Gasteiger partial charge in [0.1, 0.15) is 13.2 Å². The molecular weight excluding hydrogens is 340 g/mol. The van der Waals surface area contributed by atoms with Crippen molar-refractivity contribution in [1.29, 1.82) is 0 Å². The Balaban J connectivity index is 1.58. The number of nitrogens with zero attached hydrogens (tertiary/aromatic N) is 1. The zero-order valence-corrected chi connectivity index (χ0v) is 14.7. The monoisotopic (exact) mass is 362 g/mol. The molecule has 26 heavy (non-hydrogen) atoms. The molecule has 3 rings (SSSR count). The van der Waals surface area contributed by atoms with E-state index in [2.05, 4.69) is 5.32 Å². The molecule has 1 saturated heterocycles. The number of carbonyl (C=O) groups is 3. The van der Waals surface area contributed by atoms with E-state index in [0.29, 0.717) is 36.9 Å². The molecule has 140 valence electrons. The molecule has 8 nitrogen and oxygen atoms in total. The summed E-state index contributed by atoms with van der Waals surface area (Å²) < 4.78 is 16.0. The normalized spacial score (nSPS) is 18.6. The topological polar surface area (TPSA) is 94.2 Å². The molecule has 8 heteroatoms. The van der Waals surface area contributed by atoms with E-state index in [1.54, 1.807) is 18.2 Å². The Morgan fingerprint density at radius 1 is 1.27 bits per heavy atom. The summed E-state index contributed by atoms with van der Waals surface area (Å²) in [5.74, 6) is -0.409. The van der Waals surface area contributed by atoms with E-state index in [0.717, 1.165) is 6.42 Å². The van der Waals surface area contributed by atoms with Crippen molar-refractivity contribution in [2.75, 3.05) is 37.8 Å². The van der Waals surface area contributed by atoms with Gasteiger partial charge < -0.3 is 24.4 Å². The van der Waals surface area contributed by atoms with E-state index in [1.807, 2.05) is 6.92 Å². The number of hydrogen-bond donors (Lipinski definition) is 1. The summed E-state index contributed by atoms with van der Waals surface area (Å²) in [6.07, 6.45) is 0.866. The maximum absolute atomic E-state index is 12.3. The van der Waals surface area contributed by atoms with Gasteiger partial charge in [-0.2, -0.15) is 0 Å². The molecular formula is C18H22N2O6. The first kappa shape index (κ1) is 18.0. The Kier molecular flexibility index (Phi) is 5.60. The van der Waals surface area contributed by atoms with Crippen LogP contribution in [0.15, 0.2) is 18.2 Å². The predicted molar refractivity (Wildman–Crippen MR) is 92.2 cm³/mol. The van der Waals surface area contributed by atoms with Crippen molar-refractivity contribution in [2.24, 2.45) is 5.92 Å². The zero-order valence-electron chi connectivity index (χ0n) is 14.7. The number of amides is 2. The summed E-state index contributed by atoms with van der Waals surface area (Å²) in [5.41, 5.74) is 0.648. The molecule has 2 aliphatic rings. The Labute approximate surface area is 151 Å². The Morgan fingerprint density at radius 3 is 2.81 bits per heavy atom. The van der Waals surface area contributed by atoms with Gasteiger partial charge in [-0.1, -0.05) is 6.92 Å². The van der Waals surface area contributed by atoms with Gasteiger partial charge in [-0.3, -0.25) is 14.4 Å². The van der Waals surface area contributed by atoms with Crippen molar-refractivity contribution >= 4 is 23.5 Å². The fourth-order valence-corrected chi connectivity index (χ4v) is 2.88. The highest BCUT2D eigenvalue weighted by Gasteiger charge is 2.36. The Bertz CT molecular complexity index is 705. The third-order valence-corrected chi connectivity index (χ3v) is 4.21. The van der Waals surface area contributed by atoms with Crippen LogP contribution in [0, 0.1) is 5.92 Å². The summed E-state index contributed by atoms with van der Waals surface area (Å²) in [7, 11) is 0. The van der Waals surface area contributed by atoms with Crippen molar-refractivity contribution in [3.8, 4) is 11.5 Å². The number of ether oxygens (including phenoxy) is 3. The van der Waals surface area contributed by atoms with Gasteiger partial charge in [0.25, 0.3) is 5.91 Å². The molecule has 2 aliphatic heterocycles. The lowest BCUT2D eigenvalue weighted by Gasteiger charge is -2.22. The quantitative estimate of drug-likeness (QED) is 0.755. The van der Waals surface area contributed by atoms with Crippen LogP contribution < -0.4 is 19.7 Å². The highest BCUT2D eigenvalue weighted by atomic mass is 16.6. The van der Waals surface area contributed by atoms with E-state index >= 15 is 0 Å². The van der Waals surface area contributed by atoms with E-state index in [-0.39, 0.29) is 31.4 Å². The molecule has 1 aromatic carbocycles. The van der Waals surface area contributed by atoms with Gasteiger partial charge >= 0.3 is 5.97 Å².